The molecule has 1 aromatic carbocycles. The monoisotopic (exact) mass is 214 g/mol. The number of rotatable bonds is 4. The maximum absolute atomic E-state index is 12.5. The van der Waals surface area contributed by atoms with Gasteiger partial charge in [-0.05, 0) is 24.6 Å². The molecule has 0 saturated carbocycles. The normalized spacial score (nSPS) is 12.3. The number of aliphatic hydroxyl groups is 1. The number of benzene rings is 1. The Balaban J connectivity index is 3.32. The van der Waals surface area contributed by atoms with E-state index >= 15 is 0 Å². The number of methoxy groups -OCH3 is 2. The smallest absolute Gasteiger partial charge is 0.166 e. The molecule has 0 amide bonds. The predicted octanol–water partition coefficient (Wildman–Crippen LogP) is 2.23. The van der Waals surface area contributed by atoms with Crippen LogP contribution in [0.25, 0.3) is 0 Å². The summed E-state index contributed by atoms with van der Waals surface area (Å²) in [6, 6.07) is 3.14. The summed E-state index contributed by atoms with van der Waals surface area (Å²) in [5, 5.41) is 9.52. The van der Waals surface area contributed by atoms with Crippen LogP contribution in [0.3, 0.4) is 0 Å². The molecule has 0 fully saturated rings. The second kappa shape index (κ2) is 4.98. The number of aliphatic hydroxyl groups excluding tert-OH is 1. The van der Waals surface area contributed by atoms with Crippen molar-refractivity contribution in [3.05, 3.63) is 23.3 Å². The van der Waals surface area contributed by atoms with Crippen LogP contribution in [-0.4, -0.2) is 19.3 Å². The lowest BCUT2D eigenvalue weighted by molar-refractivity contribution is 0.192. The highest BCUT2D eigenvalue weighted by atomic mass is 19.1. The highest BCUT2D eigenvalue weighted by molar-refractivity contribution is 5.50. The third-order valence-corrected chi connectivity index (χ3v) is 2.17. The Morgan fingerprint density at radius 3 is 2.40 bits per heavy atom. The van der Waals surface area contributed by atoms with Gasteiger partial charge in [0, 0.05) is 5.56 Å². The number of ether oxygens (including phenoxy) is 2. The molecule has 0 bridgehead atoms. The lowest BCUT2D eigenvalue weighted by Gasteiger charge is -2.15. The fourth-order valence-corrected chi connectivity index (χ4v) is 1.44. The fraction of sp³-hybridized carbons (Fsp3) is 0.455. The first-order valence-electron chi connectivity index (χ1n) is 4.62. The van der Waals surface area contributed by atoms with Crippen LogP contribution in [0.5, 0.6) is 11.5 Å². The summed E-state index contributed by atoms with van der Waals surface area (Å²) in [5.41, 5.74) is 0.994. The Hall–Kier alpha value is -1.29. The van der Waals surface area contributed by atoms with Crippen LogP contribution < -0.4 is 9.47 Å². The summed E-state index contributed by atoms with van der Waals surface area (Å²) in [7, 11) is 2.96. The zero-order valence-corrected chi connectivity index (χ0v) is 9.08. The third-order valence-electron chi connectivity index (χ3n) is 2.17. The van der Waals surface area contributed by atoms with Gasteiger partial charge in [0.15, 0.2) is 11.5 Å². The molecular weight excluding hydrogens is 199 g/mol. The van der Waals surface area contributed by atoms with E-state index in [1.165, 1.54) is 14.2 Å². The summed E-state index contributed by atoms with van der Waals surface area (Å²) >= 11 is 0. The maximum atomic E-state index is 12.5. The molecule has 0 aliphatic carbocycles. The quantitative estimate of drug-likeness (QED) is 0.835. The van der Waals surface area contributed by atoms with Crippen molar-refractivity contribution in [1.82, 2.24) is 0 Å². The molecule has 1 atom stereocenters. The molecule has 1 N–H and O–H groups in total. The van der Waals surface area contributed by atoms with Crippen LogP contribution in [-0.2, 0) is 6.67 Å². The molecule has 0 saturated heterocycles. The summed E-state index contributed by atoms with van der Waals surface area (Å²) in [6.07, 6.45) is -0.722. The van der Waals surface area contributed by atoms with Crippen LogP contribution in [0.2, 0.25) is 0 Å². The zero-order valence-electron chi connectivity index (χ0n) is 9.08. The lowest BCUT2D eigenvalue weighted by atomic mass is 10.1. The van der Waals surface area contributed by atoms with E-state index in [4.69, 9.17) is 9.47 Å². The second-order valence-electron chi connectivity index (χ2n) is 3.23. The van der Waals surface area contributed by atoms with Gasteiger partial charge >= 0.3 is 0 Å². The molecule has 0 aliphatic rings. The predicted molar refractivity (Wildman–Crippen MR) is 55.0 cm³/mol. The van der Waals surface area contributed by atoms with Crippen molar-refractivity contribution >= 4 is 0 Å². The van der Waals surface area contributed by atoms with Crippen LogP contribution >= 0.6 is 0 Å². The zero-order chi connectivity index (χ0) is 11.4. The van der Waals surface area contributed by atoms with Crippen molar-refractivity contribution < 1.29 is 19.0 Å². The van der Waals surface area contributed by atoms with Crippen molar-refractivity contribution in [2.45, 2.75) is 19.7 Å². The molecule has 15 heavy (non-hydrogen) atoms. The lowest BCUT2D eigenvalue weighted by Crippen LogP contribution is -2.01. The molecule has 0 spiro atoms. The van der Waals surface area contributed by atoms with Crippen molar-refractivity contribution in [3.63, 3.8) is 0 Å². The topological polar surface area (TPSA) is 38.7 Å². The SMILES string of the molecule is COc1cc(CF)cc(C(C)O)c1OC. The van der Waals surface area contributed by atoms with Crippen LogP contribution in [0.4, 0.5) is 4.39 Å². The van der Waals surface area contributed by atoms with E-state index in [9.17, 15) is 9.50 Å². The minimum absolute atomic E-state index is 0.434. The standard InChI is InChI=1S/C11H15FO3/c1-7(13)9-4-8(6-12)5-10(14-2)11(9)15-3/h4-5,7,13H,6H2,1-3H3. The van der Waals surface area contributed by atoms with Gasteiger partial charge in [-0.3, -0.25) is 0 Å². The Bertz CT molecular complexity index is 337. The van der Waals surface area contributed by atoms with E-state index in [1.807, 2.05) is 0 Å². The van der Waals surface area contributed by atoms with E-state index < -0.39 is 12.8 Å². The number of hydrogen-bond acceptors (Lipinski definition) is 3. The Labute approximate surface area is 88.4 Å². The van der Waals surface area contributed by atoms with Crippen molar-refractivity contribution in [3.8, 4) is 11.5 Å². The molecule has 4 heteroatoms. The van der Waals surface area contributed by atoms with Gasteiger partial charge in [-0.25, -0.2) is 4.39 Å². The van der Waals surface area contributed by atoms with Gasteiger partial charge in [0.25, 0.3) is 0 Å². The van der Waals surface area contributed by atoms with E-state index in [0.29, 0.717) is 22.6 Å². The first-order chi connectivity index (χ1) is 7.13. The number of halogens is 1. The summed E-state index contributed by atoms with van der Waals surface area (Å²) in [6.45, 7) is 0.999. The summed E-state index contributed by atoms with van der Waals surface area (Å²) in [4.78, 5) is 0. The first-order valence-corrected chi connectivity index (χ1v) is 4.62. The average molecular weight is 214 g/mol. The van der Waals surface area contributed by atoms with E-state index in [0.717, 1.165) is 0 Å². The van der Waals surface area contributed by atoms with Gasteiger partial charge in [0.1, 0.15) is 6.67 Å². The van der Waals surface area contributed by atoms with E-state index in [1.54, 1.807) is 19.1 Å². The fourth-order valence-electron chi connectivity index (χ4n) is 1.44. The van der Waals surface area contributed by atoms with Crippen LogP contribution in [0.1, 0.15) is 24.2 Å². The van der Waals surface area contributed by atoms with Crippen LogP contribution in [0.15, 0.2) is 12.1 Å². The van der Waals surface area contributed by atoms with Crippen LogP contribution in [0, 0.1) is 0 Å². The minimum atomic E-state index is -0.722. The van der Waals surface area contributed by atoms with E-state index in [2.05, 4.69) is 0 Å². The maximum Gasteiger partial charge on any atom is 0.166 e. The average Bonchev–Trinajstić information content (AvgIpc) is 2.26. The highest BCUT2D eigenvalue weighted by Crippen LogP contribution is 2.36. The minimum Gasteiger partial charge on any atom is -0.493 e. The number of hydrogen-bond donors (Lipinski definition) is 1. The highest BCUT2D eigenvalue weighted by Gasteiger charge is 2.15. The van der Waals surface area contributed by atoms with Crippen molar-refractivity contribution in [2.75, 3.05) is 14.2 Å². The molecule has 1 unspecified atom stereocenters. The Morgan fingerprint density at radius 2 is 2.00 bits per heavy atom. The van der Waals surface area contributed by atoms with Gasteiger partial charge in [-0.2, -0.15) is 0 Å². The van der Waals surface area contributed by atoms with Gasteiger partial charge in [-0.1, -0.05) is 0 Å². The summed E-state index contributed by atoms with van der Waals surface area (Å²) < 4.78 is 22.7. The second-order valence-corrected chi connectivity index (χ2v) is 3.23. The number of alkyl halides is 1. The molecule has 1 aromatic rings. The molecule has 3 nitrogen and oxygen atoms in total. The first kappa shape index (κ1) is 11.8. The summed E-state index contributed by atoms with van der Waals surface area (Å²) in [5.74, 6) is 0.883. The molecule has 0 heterocycles. The molecule has 0 radical (unpaired) electrons. The molecule has 84 valence electrons. The largest absolute Gasteiger partial charge is 0.493 e. The van der Waals surface area contributed by atoms with Crippen molar-refractivity contribution in [2.24, 2.45) is 0 Å². The third kappa shape index (κ3) is 2.39. The van der Waals surface area contributed by atoms with Gasteiger partial charge in [-0.15, -0.1) is 0 Å². The van der Waals surface area contributed by atoms with Gasteiger partial charge < -0.3 is 14.6 Å². The molecule has 0 aromatic heterocycles. The Morgan fingerprint density at radius 1 is 1.33 bits per heavy atom. The molecule has 0 aliphatic heterocycles. The van der Waals surface area contributed by atoms with Gasteiger partial charge in [0.05, 0.1) is 20.3 Å². The molecule has 1 rings (SSSR count). The van der Waals surface area contributed by atoms with Crippen molar-refractivity contribution in [1.29, 1.82) is 0 Å². The van der Waals surface area contributed by atoms with E-state index in [-0.39, 0.29) is 0 Å². The van der Waals surface area contributed by atoms with Gasteiger partial charge in [0.2, 0.25) is 0 Å². The Kier molecular flexibility index (Phi) is 3.91. The molecular formula is C11H15FO3.